The number of nitrogens with zero attached hydrogens (tertiary/aromatic N) is 2. The summed E-state index contributed by atoms with van der Waals surface area (Å²) in [5, 5.41) is 15.1. The lowest BCUT2D eigenvalue weighted by Gasteiger charge is -2.24. The zero-order chi connectivity index (χ0) is 25.1. The fourth-order valence-corrected chi connectivity index (χ4v) is 3.98. The number of aliphatic hydroxyl groups is 1. The van der Waals surface area contributed by atoms with Crippen LogP contribution in [0.2, 0.25) is 0 Å². The molecule has 0 saturated carbocycles. The number of hydrogen-bond acceptors (Lipinski definition) is 7. The number of hydrogen-bond donors (Lipinski definition) is 1. The number of ketones is 1. The quantitative estimate of drug-likeness (QED) is 0.276. The SMILES string of the molecule is COc1cc([C@@H]2/C(=C(\O)c3ccccc3)C(=O)C(=O)N2c2cc(C)on2)ccc1OCCC(C)C. The van der Waals surface area contributed by atoms with E-state index in [1.807, 2.05) is 0 Å². The lowest BCUT2D eigenvalue weighted by atomic mass is 9.95. The average molecular weight is 477 g/mol. The Bertz CT molecular complexity index is 1260. The van der Waals surface area contributed by atoms with E-state index in [0.717, 1.165) is 6.42 Å². The van der Waals surface area contributed by atoms with E-state index < -0.39 is 17.7 Å². The maximum absolute atomic E-state index is 13.2. The van der Waals surface area contributed by atoms with E-state index in [2.05, 4.69) is 19.0 Å². The number of amides is 1. The number of aromatic nitrogens is 1. The highest BCUT2D eigenvalue weighted by Gasteiger charge is 2.48. The molecule has 4 rings (SSSR count). The minimum Gasteiger partial charge on any atom is -0.507 e. The summed E-state index contributed by atoms with van der Waals surface area (Å²) in [6, 6.07) is 14.5. The Hall–Kier alpha value is -4.07. The van der Waals surface area contributed by atoms with Crippen molar-refractivity contribution in [3.05, 3.63) is 77.1 Å². The highest BCUT2D eigenvalue weighted by Crippen LogP contribution is 2.44. The zero-order valence-corrected chi connectivity index (χ0v) is 20.1. The van der Waals surface area contributed by atoms with Crippen LogP contribution >= 0.6 is 0 Å². The monoisotopic (exact) mass is 476 g/mol. The van der Waals surface area contributed by atoms with E-state index in [-0.39, 0.29) is 17.2 Å². The van der Waals surface area contributed by atoms with Gasteiger partial charge >= 0.3 is 5.91 Å². The van der Waals surface area contributed by atoms with Gasteiger partial charge in [0.25, 0.3) is 5.78 Å². The summed E-state index contributed by atoms with van der Waals surface area (Å²) in [6.45, 7) is 6.45. The lowest BCUT2D eigenvalue weighted by Crippen LogP contribution is -2.29. The zero-order valence-electron chi connectivity index (χ0n) is 20.1. The van der Waals surface area contributed by atoms with Gasteiger partial charge in [-0.05, 0) is 37.0 Å². The van der Waals surface area contributed by atoms with Gasteiger partial charge in [-0.25, -0.2) is 0 Å². The van der Waals surface area contributed by atoms with Crippen molar-refractivity contribution < 1.29 is 28.7 Å². The third-order valence-electron chi connectivity index (χ3n) is 5.81. The molecule has 1 aliphatic heterocycles. The number of carbonyl (C=O) groups excluding carboxylic acids is 2. The van der Waals surface area contributed by atoms with Crippen molar-refractivity contribution in [3.8, 4) is 11.5 Å². The van der Waals surface area contributed by atoms with E-state index in [9.17, 15) is 14.7 Å². The van der Waals surface area contributed by atoms with Crippen LogP contribution in [0.3, 0.4) is 0 Å². The number of anilines is 1. The van der Waals surface area contributed by atoms with Gasteiger partial charge in [-0.2, -0.15) is 0 Å². The summed E-state index contributed by atoms with van der Waals surface area (Å²) in [5.41, 5.74) is 0.931. The summed E-state index contributed by atoms with van der Waals surface area (Å²) in [6.07, 6.45) is 0.883. The number of aliphatic hydroxyl groups excluding tert-OH is 1. The van der Waals surface area contributed by atoms with Gasteiger partial charge in [0.05, 0.1) is 25.3 Å². The van der Waals surface area contributed by atoms with Crippen LogP contribution in [0.25, 0.3) is 5.76 Å². The predicted molar refractivity (Wildman–Crippen MR) is 130 cm³/mol. The van der Waals surface area contributed by atoms with E-state index in [0.29, 0.717) is 40.9 Å². The van der Waals surface area contributed by atoms with Gasteiger partial charge in [0.1, 0.15) is 11.5 Å². The Kier molecular flexibility index (Phi) is 6.91. The van der Waals surface area contributed by atoms with Crippen LogP contribution in [0.15, 0.2) is 64.7 Å². The number of aryl methyl sites for hydroxylation is 1. The molecule has 0 radical (unpaired) electrons. The van der Waals surface area contributed by atoms with Crippen molar-refractivity contribution in [2.45, 2.75) is 33.2 Å². The number of ether oxygens (including phenoxy) is 2. The average Bonchev–Trinajstić information content (AvgIpc) is 3.39. The van der Waals surface area contributed by atoms with Gasteiger partial charge in [-0.1, -0.05) is 55.4 Å². The highest BCUT2D eigenvalue weighted by molar-refractivity contribution is 6.51. The maximum atomic E-state index is 13.2. The van der Waals surface area contributed by atoms with Gasteiger partial charge in [-0.15, -0.1) is 0 Å². The number of benzene rings is 2. The second-order valence-corrected chi connectivity index (χ2v) is 8.77. The number of rotatable bonds is 8. The van der Waals surface area contributed by atoms with Gasteiger partial charge in [0, 0.05) is 11.6 Å². The molecule has 8 nitrogen and oxygen atoms in total. The second kappa shape index (κ2) is 10.0. The molecule has 8 heteroatoms. The molecule has 3 aromatic rings. The molecule has 1 aromatic heterocycles. The minimum atomic E-state index is -0.946. The molecule has 1 aliphatic rings. The van der Waals surface area contributed by atoms with Gasteiger partial charge < -0.3 is 19.1 Å². The summed E-state index contributed by atoms with van der Waals surface area (Å²) in [4.78, 5) is 27.6. The van der Waals surface area contributed by atoms with Crippen LogP contribution in [0.4, 0.5) is 5.82 Å². The number of Topliss-reactive ketones (excluding diaryl/α,β-unsaturated/α-hetero) is 1. The van der Waals surface area contributed by atoms with E-state index >= 15 is 0 Å². The molecule has 1 atom stereocenters. The Labute approximate surface area is 203 Å². The molecule has 0 unspecified atom stereocenters. The van der Waals surface area contributed by atoms with Crippen molar-refractivity contribution in [2.75, 3.05) is 18.6 Å². The third-order valence-corrected chi connectivity index (χ3v) is 5.81. The van der Waals surface area contributed by atoms with Crippen molar-refractivity contribution in [1.82, 2.24) is 5.16 Å². The molecule has 1 fully saturated rings. The second-order valence-electron chi connectivity index (χ2n) is 8.77. The van der Waals surface area contributed by atoms with E-state index in [1.165, 1.54) is 12.0 Å². The first-order valence-corrected chi connectivity index (χ1v) is 11.4. The first-order chi connectivity index (χ1) is 16.8. The summed E-state index contributed by atoms with van der Waals surface area (Å²) >= 11 is 0. The Morgan fingerprint density at radius 1 is 1.11 bits per heavy atom. The van der Waals surface area contributed by atoms with Gasteiger partial charge in [0.15, 0.2) is 17.3 Å². The molecule has 1 amide bonds. The Morgan fingerprint density at radius 2 is 1.86 bits per heavy atom. The Morgan fingerprint density at radius 3 is 2.49 bits per heavy atom. The van der Waals surface area contributed by atoms with Crippen molar-refractivity contribution >= 4 is 23.3 Å². The van der Waals surface area contributed by atoms with Gasteiger partial charge in [-0.3, -0.25) is 14.5 Å². The normalized spacial score (nSPS) is 17.3. The molecule has 2 aromatic carbocycles. The van der Waals surface area contributed by atoms with Crippen LogP contribution in [0.5, 0.6) is 11.5 Å². The van der Waals surface area contributed by atoms with Crippen LogP contribution in [-0.4, -0.2) is 35.7 Å². The predicted octanol–water partition coefficient (Wildman–Crippen LogP) is 5.04. The molecular formula is C27H28N2O6. The standard InChI is InChI=1S/C27H28N2O6/c1-16(2)12-13-34-20-11-10-19(15-21(20)33-4)24-23(25(30)18-8-6-5-7-9-18)26(31)27(32)29(24)22-14-17(3)35-28-22/h5-11,14-16,24,30H,12-13H2,1-4H3/b25-23+/t24-/m1/s1. The third kappa shape index (κ3) is 4.77. The summed E-state index contributed by atoms with van der Waals surface area (Å²) < 4.78 is 16.6. The lowest BCUT2D eigenvalue weighted by molar-refractivity contribution is -0.132. The first-order valence-electron chi connectivity index (χ1n) is 11.4. The summed E-state index contributed by atoms with van der Waals surface area (Å²) in [5.74, 6) is 0.261. The highest BCUT2D eigenvalue weighted by atomic mass is 16.5. The Balaban J connectivity index is 1.84. The number of methoxy groups -OCH3 is 1. The number of carbonyl (C=O) groups is 2. The maximum Gasteiger partial charge on any atom is 0.301 e. The molecule has 0 bridgehead atoms. The first kappa shape index (κ1) is 24.1. The fourth-order valence-electron chi connectivity index (χ4n) is 3.98. The molecule has 1 saturated heterocycles. The smallest absolute Gasteiger partial charge is 0.301 e. The van der Waals surface area contributed by atoms with Crippen molar-refractivity contribution in [2.24, 2.45) is 5.92 Å². The molecule has 0 spiro atoms. The van der Waals surface area contributed by atoms with Crippen LogP contribution in [0.1, 0.15) is 43.2 Å². The van der Waals surface area contributed by atoms with E-state index in [1.54, 1.807) is 61.5 Å². The molecule has 182 valence electrons. The molecule has 2 heterocycles. The van der Waals surface area contributed by atoms with Crippen LogP contribution in [0, 0.1) is 12.8 Å². The van der Waals surface area contributed by atoms with Crippen molar-refractivity contribution in [1.29, 1.82) is 0 Å². The molecule has 1 N–H and O–H groups in total. The molecule has 0 aliphatic carbocycles. The molecule has 35 heavy (non-hydrogen) atoms. The minimum absolute atomic E-state index is 0.0441. The topological polar surface area (TPSA) is 102 Å². The largest absolute Gasteiger partial charge is 0.507 e. The fraction of sp³-hybridized carbons (Fsp3) is 0.296. The summed E-state index contributed by atoms with van der Waals surface area (Å²) in [7, 11) is 1.52. The molecular weight excluding hydrogens is 448 g/mol. The van der Waals surface area contributed by atoms with E-state index in [4.69, 9.17) is 14.0 Å². The van der Waals surface area contributed by atoms with Crippen LogP contribution < -0.4 is 14.4 Å². The van der Waals surface area contributed by atoms with Gasteiger partial charge in [0.2, 0.25) is 0 Å². The van der Waals surface area contributed by atoms with Crippen LogP contribution in [-0.2, 0) is 9.59 Å². The van der Waals surface area contributed by atoms with Crippen molar-refractivity contribution in [3.63, 3.8) is 0 Å².